The molecule has 2 N–H and O–H groups in total. The van der Waals surface area contributed by atoms with Gasteiger partial charge in [0.2, 0.25) is 5.95 Å². The summed E-state index contributed by atoms with van der Waals surface area (Å²) in [5.74, 6) is -0.628. The number of fused-ring (bicyclic) bond motifs is 1. The zero-order chi connectivity index (χ0) is 28.8. The maximum absolute atomic E-state index is 13.3. The number of ether oxygens (including phenoxy) is 1. The van der Waals surface area contributed by atoms with Gasteiger partial charge in [-0.15, -0.1) is 0 Å². The van der Waals surface area contributed by atoms with Gasteiger partial charge in [0.15, 0.2) is 5.13 Å². The quantitative estimate of drug-likeness (QED) is 0.189. The predicted molar refractivity (Wildman–Crippen MR) is 157 cm³/mol. The fraction of sp³-hybridized carbons (Fsp3) is 0.310. The van der Waals surface area contributed by atoms with E-state index in [9.17, 15) is 14.0 Å². The number of hydrogen-bond acceptors (Lipinski definition) is 7. The first kappa shape index (κ1) is 27.7. The number of thiazole rings is 1. The highest BCUT2D eigenvalue weighted by Crippen LogP contribution is 2.48. The Morgan fingerprint density at radius 3 is 2.61 bits per heavy atom. The van der Waals surface area contributed by atoms with Gasteiger partial charge in [0.25, 0.3) is 5.91 Å². The van der Waals surface area contributed by atoms with Crippen LogP contribution in [0.2, 0.25) is 10.0 Å². The van der Waals surface area contributed by atoms with Crippen molar-refractivity contribution in [3.05, 3.63) is 86.1 Å². The Kier molecular flexibility index (Phi) is 7.48. The number of carbonyl (C=O) groups excluding carboxylic acids is 2. The first-order valence-corrected chi connectivity index (χ1v) is 14.8. The van der Waals surface area contributed by atoms with E-state index >= 15 is 0 Å². The summed E-state index contributed by atoms with van der Waals surface area (Å²) in [6, 6.07) is 10.9. The van der Waals surface area contributed by atoms with E-state index in [1.807, 2.05) is 24.3 Å². The van der Waals surface area contributed by atoms with Crippen molar-refractivity contribution in [2.24, 2.45) is 11.8 Å². The van der Waals surface area contributed by atoms with E-state index in [2.05, 4.69) is 20.2 Å². The number of amides is 1. The number of piperidine rings is 1. The number of carbonyl (C=O) groups is 2. The van der Waals surface area contributed by atoms with E-state index in [0.29, 0.717) is 27.7 Å². The van der Waals surface area contributed by atoms with Gasteiger partial charge in [-0.25, -0.2) is 14.8 Å². The third-order valence-electron chi connectivity index (χ3n) is 7.55. The number of esters is 1. The first-order chi connectivity index (χ1) is 19.7. The highest BCUT2D eigenvalue weighted by atomic mass is 35.5. The molecule has 3 aromatic heterocycles. The number of H-pyrrole nitrogens is 1. The SMILES string of the molecule is CCOC(=O)c1sc(N2C[C@@H]3C(NC(=O)c4[nH]c(C)c(Cl)c4Cl)[C@@H]3C2)nc1Cc1cccc(-c2ccc(F)nc2)c1. The van der Waals surface area contributed by atoms with Gasteiger partial charge < -0.3 is 19.9 Å². The van der Waals surface area contributed by atoms with Crippen LogP contribution in [0.25, 0.3) is 11.1 Å². The second kappa shape index (κ2) is 11.1. The molecular formula is C29H26Cl2FN5O3S. The molecular weight excluding hydrogens is 588 g/mol. The molecule has 1 saturated heterocycles. The van der Waals surface area contributed by atoms with Crippen molar-refractivity contribution < 1.29 is 18.7 Å². The van der Waals surface area contributed by atoms with E-state index in [1.165, 1.54) is 23.6 Å². The number of anilines is 1. The topological polar surface area (TPSA) is 100 Å². The minimum Gasteiger partial charge on any atom is -0.462 e. The number of aromatic nitrogens is 3. The lowest BCUT2D eigenvalue weighted by atomic mass is 10.0. The Bertz CT molecular complexity index is 1630. The van der Waals surface area contributed by atoms with Gasteiger partial charge in [-0.05, 0) is 37.1 Å². The smallest absolute Gasteiger partial charge is 0.350 e. The molecule has 12 heteroatoms. The van der Waals surface area contributed by atoms with Gasteiger partial charge in [0, 0.05) is 54.8 Å². The molecule has 1 saturated carbocycles. The maximum atomic E-state index is 13.3. The van der Waals surface area contributed by atoms with Crippen LogP contribution in [0.15, 0.2) is 42.6 Å². The van der Waals surface area contributed by atoms with Crippen LogP contribution >= 0.6 is 34.5 Å². The largest absolute Gasteiger partial charge is 0.462 e. The highest BCUT2D eigenvalue weighted by Gasteiger charge is 2.57. The number of halogens is 3. The Balaban J connectivity index is 1.16. The number of aromatic amines is 1. The predicted octanol–water partition coefficient (Wildman–Crippen LogP) is 5.92. The molecule has 1 aliphatic heterocycles. The van der Waals surface area contributed by atoms with Crippen molar-refractivity contribution >= 4 is 51.5 Å². The fourth-order valence-electron chi connectivity index (χ4n) is 5.40. The van der Waals surface area contributed by atoms with Crippen LogP contribution in [0.3, 0.4) is 0 Å². The standard InChI is InChI=1S/C29H26Cl2FN5O3S/c1-3-40-28(39)26-20(10-15-5-4-6-16(9-15)17-7-8-21(32)33-11-17)35-29(41-26)37-12-18-19(13-37)24(18)36-27(38)25-23(31)22(30)14(2)34-25/h4-9,11,18-19,24,34H,3,10,12-13H2,1-2H3,(H,36,38)/t18-,19+,24?. The molecule has 212 valence electrons. The molecule has 0 radical (unpaired) electrons. The number of benzene rings is 1. The summed E-state index contributed by atoms with van der Waals surface area (Å²) in [5.41, 5.74) is 4.23. The molecule has 4 aromatic rings. The van der Waals surface area contributed by atoms with E-state index in [0.717, 1.165) is 34.9 Å². The lowest BCUT2D eigenvalue weighted by Crippen LogP contribution is -2.34. The molecule has 4 heterocycles. The Hall–Kier alpha value is -3.47. The number of rotatable bonds is 8. The molecule has 1 aliphatic carbocycles. The molecule has 2 aliphatic rings. The molecule has 3 atom stereocenters. The number of nitrogens with one attached hydrogen (secondary N) is 2. The summed E-state index contributed by atoms with van der Waals surface area (Å²) >= 11 is 13.7. The van der Waals surface area contributed by atoms with Crippen LogP contribution < -0.4 is 10.2 Å². The molecule has 0 spiro atoms. The lowest BCUT2D eigenvalue weighted by molar-refractivity contribution is 0.0530. The summed E-state index contributed by atoms with van der Waals surface area (Å²) in [6.07, 6.45) is 1.93. The van der Waals surface area contributed by atoms with Gasteiger partial charge >= 0.3 is 5.97 Å². The van der Waals surface area contributed by atoms with Gasteiger partial charge in [0.1, 0.15) is 10.6 Å². The van der Waals surface area contributed by atoms with E-state index in [1.54, 1.807) is 19.9 Å². The summed E-state index contributed by atoms with van der Waals surface area (Å²) in [6.45, 7) is 5.24. The van der Waals surface area contributed by atoms with Crippen molar-refractivity contribution in [3.63, 3.8) is 0 Å². The Morgan fingerprint density at radius 2 is 1.95 bits per heavy atom. The van der Waals surface area contributed by atoms with Crippen molar-refractivity contribution in [2.75, 3.05) is 24.6 Å². The summed E-state index contributed by atoms with van der Waals surface area (Å²) in [4.78, 5) is 39.8. The van der Waals surface area contributed by atoms with Gasteiger partial charge in [-0.3, -0.25) is 4.79 Å². The van der Waals surface area contributed by atoms with Crippen LogP contribution in [0.4, 0.5) is 9.52 Å². The van der Waals surface area contributed by atoms with Crippen molar-refractivity contribution in [1.29, 1.82) is 0 Å². The van der Waals surface area contributed by atoms with Crippen molar-refractivity contribution in [1.82, 2.24) is 20.3 Å². The summed E-state index contributed by atoms with van der Waals surface area (Å²) in [7, 11) is 0. The van der Waals surface area contributed by atoms with E-state index < -0.39 is 11.9 Å². The highest BCUT2D eigenvalue weighted by molar-refractivity contribution is 7.17. The first-order valence-electron chi connectivity index (χ1n) is 13.2. The molecule has 41 heavy (non-hydrogen) atoms. The number of pyridine rings is 1. The van der Waals surface area contributed by atoms with E-state index in [-0.39, 0.29) is 41.1 Å². The molecule has 8 nitrogen and oxygen atoms in total. The van der Waals surface area contributed by atoms with Crippen molar-refractivity contribution in [2.45, 2.75) is 26.3 Å². The maximum Gasteiger partial charge on any atom is 0.350 e. The number of hydrogen-bond donors (Lipinski definition) is 2. The third-order valence-corrected chi connectivity index (χ3v) is 9.64. The second-order valence-electron chi connectivity index (χ2n) is 10.2. The van der Waals surface area contributed by atoms with Crippen molar-refractivity contribution in [3.8, 4) is 11.1 Å². The molecule has 0 bridgehead atoms. The average molecular weight is 615 g/mol. The fourth-order valence-corrected chi connectivity index (χ4v) is 6.81. The van der Waals surface area contributed by atoms with Gasteiger partial charge in [-0.1, -0.05) is 58.8 Å². The summed E-state index contributed by atoms with van der Waals surface area (Å²) < 4.78 is 18.6. The third kappa shape index (κ3) is 5.43. The average Bonchev–Trinajstić information content (AvgIpc) is 3.30. The van der Waals surface area contributed by atoms with Gasteiger partial charge in [-0.2, -0.15) is 4.39 Å². The molecule has 1 unspecified atom stereocenters. The number of nitrogens with zero attached hydrogens (tertiary/aromatic N) is 3. The van der Waals surface area contributed by atoms with Crippen LogP contribution in [0, 0.1) is 24.7 Å². The Morgan fingerprint density at radius 1 is 1.17 bits per heavy atom. The second-order valence-corrected chi connectivity index (χ2v) is 12.0. The minimum atomic E-state index is -0.530. The zero-order valence-electron chi connectivity index (χ0n) is 22.2. The normalized spacial score (nSPS) is 19.2. The molecule has 1 aromatic carbocycles. The van der Waals surface area contributed by atoms with Gasteiger partial charge in [0.05, 0.1) is 22.3 Å². The Labute approximate surface area is 249 Å². The van der Waals surface area contributed by atoms with Crippen LogP contribution in [-0.2, 0) is 11.2 Å². The van der Waals surface area contributed by atoms with Crippen LogP contribution in [0.5, 0.6) is 0 Å². The zero-order valence-corrected chi connectivity index (χ0v) is 24.5. The van der Waals surface area contributed by atoms with E-state index in [4.69, 9.17) is 32.9 Å². The van der Waals surface area contributed by atoms with Crippen LogP contribution in [-0.4, -0.2) is 52.6 Å². The molecule has 6 rings (SSSR count). The number of aryl methyl sites for hydroxylation is 1. The monoisotopic (exact) mass is 613 g/mol. The summed E-state index contributed by atoms with van der Waals surface area (Å²) in [5, 5.41) is 4.42. The van der Waals surface area contributed by atoms with Crippen LogP contribution in [0.1, 0.15) is 44.0 Å². The lowest BCUT2D eigenvalue weighted by Gasteiger charge is -2.19. The minimum absolute atomic E-state index is 0.0462. The molecule has 1 amide bonds. The molecule has 2 fully saturated rings.